The topological polar surface area (TPSA) is 37.3 Å². The molecular formula is C3H5FO2. The lowest BCUT2D eigenvalue weighted by Crippen LogP contribution is -2.08. The first-order valence-corrected chi connectivity index (χ1v) is 1.50. The van der Waals surface area contributed by atoms with Gasteiger partial charge in [0.05, 0.1) is 0 Å². The SMILES string of the molecule is O=C[C@@H](O)CF. The molecule has 0 radical (unpaired) electrons. The van der Waals surface area contributed by atoms with E-state index < -0.39 is 12.8 Å². The number of alkyl halides is 1. The molecule has 0 aromatic carbocycles. The summed E-state index contributed by atoms with van der Waals surface area (Å²) >= 11 is 0. The van der Waals surface area contributed by atoms with Crippen molar-refractivity contribution in [2.75, 3.05) is 6.67 Å². The minimum absolute atomic E-state index is 0.153. The number of hydrogen-bond acceptors (Lipinski definition) is 2. The first-order valence-electron chi connectivity index (χ1n) is 1.50. The summed E-state index contributed by atoms with van der Waals surface area (Å²) in [5.74, 6) is 0. The van der Waals surface area contributed by atoms with Crippen LogP contribution in [0.3, 0.4) is 0 Å². The molecule has 6 heavy (non-hydrogen) atoms. The first-order chi connectivity index (χ1) is 2.81. The summed E-state index contributed by atoms with van der Waals surface area (Å²) in [6, 6.07) is 0. The Balaban J connectivity index is 2.96. The van der Waals surface area contributed by atoms with Gasteiger partial charge in [-0.15, -0.1) is 0 Å². The van der Waals surface area contributed by atoms with Crippen LogP contribution in [0.25, 0.3) is 0 Å². The Hall–Kier alpha value is -0.440. The number of rotatable bonds is 2. The molecule has 1 N–H and O–H groups in total. The monoisotopic (exact) mass is 92.0 g/mol. The van der Waals surface area contributed by atoms with Gasteiger partial charge in [-0.2, -0.15) is 0 Å². The summed E-state index contributed by atoms with van der Waals surface area (Å²) in [6.45, 7) is -0.983. The number of aldehydes is 1. The number of carbonyl (C=O) groups is 1. The van der Waals surface area contributed by atoms with Gasteiger partial charge in [0.1, 0.15) is 12.8 Å². The van der Waals surface area contributed by atoms with Gasteiger partial charge in [0, 0.05) is 0 Å². The molecule has 0 aliphatic rings. The van der Waals surface area contributed by atoms with Gasteiger partial charge in [0.2, 0.25) is 0 Å². The van der Waals surface area contributed by atoms with Gasteiger partial charge in [0.25, 0.3) is 0 Å². The Morgan fingerprint density at radius 3 is 2.50 bits per heavy atom. The van der Waals surface area contributed by atoms with E-state index in [1.807, 2.05) is 0 Å². The van der Waals surface area contributed by atoms with Gasteiger partial charge >= 0.3 is 0 Å². The predicted octanol–water partition coefficient (Wildman–Crippen LogP) is -0.484. The summed E-state index contributed by atoms with van der Waals surface area (Å²) in [6.07, 6.45) is -1.26. The van der Waals surface area contributed by atoms with Crippen molar-refractivity contribution < 1.29 is 14.3 Å². The van der Waals surface area contributed by atoms with Crippen LogP contribution in [0.2, 0.25) is 0 Å². The zero-order chi connectivity index (χ0) is 4.99. The van der Waals surface area contributed by atoms with Crippen molar-refractivity contribution in [1.29, 1.82) is 0 Å². The Kier molecular flexibility index (Phi) is 2.58. The van der Waals surface area contributed by atoms with E-state index in [1.54, 1.807) is 0 Å². The highest BCUT2D eigenvalue weighted by atomic mass is 19.1. The lowest BCUT2D eigenvalue weighted by molar-refractivity contribution is -0.115. The van der Waals surface area contributed by atoms with Crippen molar-refractivity contribution in [3.8, 4) is 0 Å². The average molecular weight is 92.1 g/mol. The smallest absolute Gasteiger partial charge is 0.151 e. The molecule has 36 valence electrons. The number of hydrogen-bond donors (Lipinski definition) is 1. The van der Waals surface area contributed by atoms with Crippen molar-refractivity contribution in [3.05, 3.63) is 0 Å². The van der Waals surface area contributed by atoms with Crippen LogP contribution in [-0.2, 0) is 4.79 Å². The van der Waals surface area contributed by atoms with Gasteiger partial charge in [-0.3, -0.25) is 0 Å². The zero-order valence-corrected chi connectivity index (χ0v) is 3.10. The Bertz CT molecular complexity index is 46.1. The molecule has 0 saturated heterocycles. The number of halogens is 1. The van der Waals surface area contributed by atoms with Crippen molar-refractivity contribution in [2.24, 2.45) is 0 Å². The molecule has 0 aromatic rings. The summed E-state index contributed by atoms with van der Waals surface area (Å²) in [7, 11) is 0. The second kappa shape index (κ2) is 2.78. The lowest BCUT2D eigenvalue weighted by atomic mass is 10.5. The second-order valence-electron chi connectivity index (χ2n) is 0.858. The molecule has 0 unspecified atom stereocenters. The van der Waals surface area contributed by atoms with Crippen LogP contribution in [0, 0.1) is 0 Å². The van der Waals surface area contributed by atoms with Gasteiger partial charge in [-0.05, 0) is 0 Å². The number of aliphatic hydroxyl groups is 1. The Morgan fingerprint density at radius 1 is 2.00 bits per heavy atom. The van der Waals surface area contributed by atoms with Crippen LogP contribution in [0.5, 0.6) is 0 Å². The molecule has 3 heteroatoms. The highest BCUT2D eigenvalue weighted by Gasteiger charge is 1.94. The third-order valence-corrected chi connectivity index (χ3v) is 0.315. The molecule has 0 aromatic heterocycles. The number of aliphatic hydroxyl groups excluding tert-OH is 1. The van der Waals surface area contributed by atoms with Crippen molar-refractivity contribution in [1.82, 2.24) is 0 Å². The highest BCUT2D eigenvalue weighted by Crippen LogP contribution is 1.73. The van der Waals surface area contributed by atoms with E-state index >= 15 is 0 Å². The zero-order valence-electron chi connectivity index (χ0n) is 3.10. The molecule has 0 fully saturated rings. The molecule has 0 amide bonds. The van der Waals surface area contributed by atoms with Crippen LogP contribution in [0.15, 0.2) is 0 Å². The van der Waals surface area contributed by atoms with Gasteiger partial charge in [-0.25, -0.2) is 4.39 Å². The van der Waals surface area contributed by atoms with Crippen LogP contribution in [0.1, 0.15) is 0 Å². The Morgan fingerprint density at radius 2 is 2.50 bits per heavy atom. The van der Waals surface area contributed by atoms with Gasteiger partial charge in [-0.1, -0.05) is 0 Å². The van der Waals surface area contributed by atoms with E-state index in [0.29, 0.717) is 0 Å². The molecule has 0 spiro atoms. The van der Waals surface area contributed by atoms with E-state index in [-0.39, 0.29) is 6.29 Å². The molecule has 1 atom stereocenters. The normalized spacial score (nSPS) is 13.7. The molecule has 0 aliphatic carbocycles. The van der Waals surface area contributed by atoms with Crippen molar-refractivity contribution >= 4 is 6.29 Å². The van der Waals surface area contributed by atoms with Gasteiger partial charge in [0.15, 0.2) is 6.29 Å². The van der Waals surface area contributed by atoms with Crippen molar-refractivity contribution in [3.63, 3.8) is 0 Å². The number of carbonyl (C=O) groups excluding carboxylic acids is 1. The molecule has 0 rings (SSSR count). The first kappa shape index (κ1) is 5.56. The fraction of sp³-hybridized carbons (Fsp3) is 0.667. The van der Waals surface area contributed by atoms with E-state index in [0.717, 1.165) is 0 Å². The molecule has 2 nitrogen and oxygen atoms in total. The highest BCUT2D eigenvalue weighted by molar-refractivity contribution is 5.55. The molecule has 0 heterocycles. The van der Waals surface area contributed by atoms with Crippen LogP contribution in [0.4, 0.5) is 4.39 Å². The summed E-state index contributed by atoms with van der Waals surface area (Å²) in [4.78, 5) is 9.25. The molecule has 0 bridgehead atoms. The predicted molar refractivity (Wildman–Crippen MR) is 18.0 cm³/mol. The van der Waals surface area contributed by atoms with Crippen LogP contribution in [-0.4, -0.2) is 24.2 Å². The quantitative estimate of drug-likeness (QED) is 0.467. The van der Waals surface area contributed by atoms with Crippen LogP contribution < -0.4 is 0 Å². The van der Waals surface area contributed by atoms with E-state index in [9.17, 15) is 9.18 Å². The fourth-order valence-electron chi connectivity index (χ4n) is 0.0364. The largest absolute Gasteiger partial charge is 0.383 e. The van der Waals surface area contributed by atoms with Crippen LogP contribution >= 0.6 is 0 Å². The lowest BCUT2D eigenvalue weighted by Gasteiger charge is -1.86. The average Bonchev–Trinajstić information content (AvgIpc) is 1.65. The fourth-order valence-corrected chi connectivity index (χ4v) is 0.0364. The summed E-state index contributed by atoms with van der Waals surface area (Å²) in [5, 5.41) is 7.92. The third kappa shape index (κ3) is 1.84. The maximum atomic E-state index is 10.9. The van der Waals surface area contributed by atoms with Gasteiger partial charge < -0.3 is 9.90 Å². The standard InChI is InChI=1S/C3H5FO2/c4-1-3(6)2-5/h2-3,6H,1H2/t3-/m0/s1. The second-order valence-corrected chi connectivity index (χ2v) is 0.858. The minimum Gasteiger partial charge on any atom is -0.383 e. The van der Waals surface area contributed by atoms with E-state index in [1.165, 1.54) is 0 Å². The van der Waals surface area contributed by atoms with E-state index in [2.05, 4.69) is 0 Å². The Labute approximate surface area is 34.6 Å². The summed E-state index contributed by atoms with van der Waals surface area (Å²) < 4.78 is 10.9. The molecular weight excluding hydrogens is 87.0 g/mol. The minimum atomic E-state index is -1.41. The van der Waals surface area contributed by atoms with Crippen molar-refractivity contribution in [2.45, 2.75) is 6.10 Å². The molecule has 0 aliphatic heterocycles. The molecule has 0 saturated carbocycles. The van der Waals surface area contributed by atoms with E-state index in [4.69, 9.17) is 5.11 Å². The summed E-state index contributed by atoms with van der Waals surface area (Å²) in [5.41, 5.74) is 0. The maximum Gasteiger partial charge on any atom is 0.151 e. The third-order valence-electron chi connectivity index (χ3n) is 0.315. The maximum absolute atomic E-state index is 10.9.